The van der Waals surface area contributed by atoms with Gasteiger partial charge in [-0.3, -0.25) is 4.79 Å². The second kappa shape index (κ2) is 8.27. The van der Waals surface area contributed by atoms with E-state index in [1.807, 2.05) is 66.7 Å². The van der Waals surface area contributed by atoms with E-state index in [0.717, 1.165) is 5.56 Å². The first kappa shape index (κ1) is 16.9. The van der Waals surface area contributed by atoms with Crippen LogP contribution in [-0.4, -0.2) is 12.5 Å². The Bertz CT molecular complexity index is 749. The van der Waals surface area contributed by atoms with E-state index < -0.39 is 6.04 Å². The number of rotatable bonds is 6. The number of hydrogen-bond acceptors (Lipinski definition) is 2. The minimum absolute atomic E-state index is 0.0920. The van der Waals surface area contributed by atoms with Crippen molar-refractivity contribution in [3.05, 3.63) is 108 Å². The summed E-state index contributed by atoms with van der Waals surface area (Å²) in [5.41, 5.74) is 9.24. The molecule has 0 bridgehead atoms. The summed E-state index contributed by atoms with van der Waals surface area (Å²) in [5, 5.41) is 3.01. The lowest BCUT2D eigenvalue weighted by Gasteiger charge is -2.20. The maximum atomic E-state index is 12.5. The summed E-state index contributed by atoms with van der Waals surface area (Å²) >= 11 is 0. The van der Waals surface area contributed by atoms with E-state index in [0.29, 0.717) is 6.54 Å². The first-order valence-corrected chi connectivity index (χ1v) is 8.44. The van der Waals surface area contributed by atoms with Crippen LogP contribution < -0.4 is 11.1 Å². The minimum Gasteiger partial charge on any atom is -0.353 e. The Balaban J connectivity index is 1.74. The van der Waals surface area contributed by atoms with Crippen LogP contribution in [-0.2, 0) is 4.79 Å². The van der Waals surface area contributed by atoms with Crippen molar-refractivity contribution in [1.82, 2.24) is 5.32 Å². The van der Waals surface area contributed by atoms with Crippen LogP contribution in [0.2, 0.25) is 0 Å². The van der Waals surface area contributed by atoms with Crippen LogP contribution in [0.3, 0.4) is 0 Å². The number of amides is 1. The molecular weight excluding hydrogens is 308 g/mol. The maximum Gasteiger partial charge on any atom is 0.241 e. The summed E-state index contributed by atoms with van der Waals surface area (Å²) in [7, 11) is 0. The van der Waals surface area contributed by atoms with Gasteiger partial charge in [-0.25, -0.2) is 0 Å². The fraction of sp³-hybridized carbons (Fsp3) is 0.136. The van der Waals surface area contributed by atoms with Gasteiger partial charge in [0, 0.05) is 12.5 Å². The van der Waals surface area contributed by atoms with Crippen LogP contribution in [0.1, 0.15) is 28.7 Å². The highest BCUT2D eigenvalue weighted by molar-refractivity contribution is 5.83. The Labute approximate surface area is 148 Å². The molecule has 3 aromatic carbocycles. The minimum atomic E-state index is -0.659. The number of hydrogen-bond donors (Lipinski definition) is 2. The van der Waals surface area contributed by atoms with Gasteiger partial charge in [0.15, 0.2) is 0 Å². The fourth-order valence-corrected chi connectivity index (χ4v) is 2.92. The van der Waals surface area contributed by atoms with E-state index in [1.165, 1.54) is 11.1 Å². The summed E-state index contributed by atoms with van der Waals surface area (Å²) in [6.07, 6.45) is 0. The molecule has 1 atom stereocenters. The quantitative estimate of drug-likeness (QED) is 0.725. The lowest BCUT2D eigenvalue weighted by Crippen LogP contribution is -2.36. The molecule has 0 aliphatic heterocycles. The second-order valence-electron chi connectivity index (χ2n) is 6.01. The van der Waals surface area contributed by atoms with Crippen molar-refractivity contribution < 1.29 is 4.79 Å². The van der Waals surface area contributed by atoms with Gasteiger partial charge in [0.05, 0.1) is 0 Å². The zero-order valence-electron chi connectivity index (χ0n) is 14.0. The summed E-state index contributed by atoms with van der Waals surface area (Å²) in [5.74, 6) is -0.0719. The normalized spacial score (nSPS) is 11.9. The van der Waals surface area contributed by atoms with Gasteiger partial charge < -0.3 is 11.1 Å². The van der Waals surface area contributed by atoms with Gasteiger partial charge in [0.1, 0.15) is 6.04 Å². The van der Waals surface area contributed by atoms with Gasteiger partial charge in [-0.1, -0.05) is 91.0 Å². The predicted octanol–water partition coefficient (Wildman–Crippen LogP) is 3.63. The van der Waals surface area contributed by atoms with E-state index in [2.05, 4.69) is 29.6 Å². The molecule has 0 saturated carbocycles. The SMILES string of the molecule is NC(C(=O)NCC(c1ccccc1)c1ccccc1)c1ccccc1. The highest BCUT2D eigenvalue weighted by Crippen LogP contribution is 2.24. The van der Waals surface area contributed by atoms with Crippen molar-refractivity contribution in [2.45, 2.75) is 12.0 Å². The molecule has 0 aromatic heterocycles. The number of carbonyl (C=O) groups excluding carboxylic acids is 1. The molecule has 3 rings (SSSR count). The van der Waals surface area contributed by atoms with Gasteiger partial charge in [0.25, 0.3) is 0 Å². The van der Waals surface area contributed by atoms with Crippen LogP contribution in [0.5, 0.6) is 0 Å². The lowest BCUT2D eigenvalue weighted by molar-refractivity contribution is -0.122. The summed E-state index contributed by atoms with van der Waals surface area (Å²) < 4.78 is 0. The maximum absolute atomic E-state index is 12.5. The molecule has 1 amide bonds. The molecule has 126 valence electrons. The number of benzene rings is 3. The Morgan fingerprint density at radius 2 is 1.12 bits per heavy atom. The third kappa shape index (κ3) is 4.34. The van der Waals surface area contributed by atoms with Crippen LogP contribution in [0.15, 0.2) is 91.0 Å². The molecule has 3 heteroatoms. The average Bonchev–Trinajstić information content (AvgIpc) is 2.70. The molecule has 25 heavy (non-hydrogen) atoms. The zero-order chi connectivity index (χ0) is 17.5. The Morgan fingerprint density at radius 1 is 0.720 bits per heavy atom. The molecule has 0 saturated heterocycles. The standard InChI is InChI=1S/C22H22N2O/c23-21(19-14-8-3-9-15-19)22(25)24-16-20(17-10-4-1-5-11-17)18-12-6-2-7-13-18/h1-15,20-21H,16,23H2,(H,24,25). The van der Waals surface area contributed by atoms with E-state index in [9.17, 15) is 4.79 Å². The summed E-state index contributed by atoms with van der Waals surface area (Å²) in [4.78, 5) is 12.5. The number of nitrogens with one attached hydrogen (secondary N) is 1. The van der Waals surface area contributed by atoms with Gasteiger partial charge in [-0.15, -0.1) is 0 Å². The van der Waals surface area contributed by atoms with Gasteiger partial charge in [0.2, 0.25) is 5.91 Å². The molecule has 0 radical (unpaired) electrons. The van der Waals surface area contributed by atoms with Crippen LogP contribution in [0.25, 0.3) is 0 Å². The molecular formula is C22H22N2O. The van der Waals surface area contributed by atoms with Gasteiger partial charge >= 0.3 is 0 Å². The summed E-state index contributed by atoms with van der Waals surface area (Å²) in [6, 6.07) is 29.2. The number of carbonyl (C=O) groups is 1. The Hall–Kier alpha value is -2.91. The van der Waals surface area contributed by atoms with Crippen molar-refractivity contribution in [2.24, 2.45) is 5.73 Å². The molecule has 3 N–H and O–H groups in total. The van der Waals surface area contributed by atoms with Crippen molar-refractivity contribution >= 4 is 5.91 Å². The zero-order valence-corrected chi connectivity index (χ0v) is 14.0. The fourth-order valence-electron chi connectivity index (χ4n) is 2.92. The monoisotopic (exact) mass is 330 g/mol. The van der Waals surface area contributed by atoms with Crippen molar-refractivity contribution in [2.75, 3.05) is 6.54 Å². The Kier molecular flexibility index (Phi) is 5.60. The molecule has 0 aliphatic carbocycles. The molecule has 3 aromatic rings. The molecule has 0 fully saturated rings. The lowest BCUT2D eigenvalue weighted by atomic mass is 9.91. The third-order valence-corrected chi connectivity index (χ3v) is 4.33. The first-order chi connectivity index (χ1) is 12.3. The van der Waals surface area contributed by atoms with Gasteiger partial charge in [-0.2, -0.15) is 0 Å². The van der Waals surface area contributed by atoms with E-state index in [1.54, 1.807) is 0 Å². The van der Waals surface area contributed by atoms with E-state index in [-0.39, 0.29) is 11.8 Å². The first-order valence-electron chi connectivity index (χ1n) is 8.44. The van der Waals surface area contributed by atoms with Crippen molar-refractivity contribution in [1.29, 1.82) is 0 Å². The third-order valence-electron chi connectivity index (χ3n) is 4.33. The smallest absolute Gasteiger partial charge is 0.241 e. The van der Waals surface area contributed by atoms with Gasteiger partial charge in [-0.05, 0) is 16.7 Å². The molecule has 0 aliphatic rings. The second-order valence-corrected chi connectivity index (χ2v) is 6.01. The highest BCUT2D eigenvalue weighted by atomic mass is 16.2. The topological polar surface area (TPSA) is 55.1 Å². The molecule has 1 unspecified atom stereocenters. The molecule has 0 spiro atoms. The average molecular weight is 330 g/mol. The van der Waals surface area contributed by atoms with E-state index >= 15 is 0 Å². The van der Waals surface area contributed by atoms with Crippen molar-refractivity contribution in [3.63, 3.8) is 0 Å². The highest BCUT2D eigenvalue weighted by Gasteiger charge is 2.19. The number of nitrogens with two attached hydrogens (primary N) is 1. The van der Waals surface area contributed by atoms with Crippen molar-refractivity contribution in [3.8, 4) is 0 Å². The Morgan fingerprint density at radius 3 is 1.56 bits per heavy atom. The largest absolute Gasteiger partial charge is 0.353 e. The molecule has 3 nitrogen and oxygen atoms in total. The van der Waals surface area contributed by atoms with E-state index in [4.69, 9.17) is 5.73 Å². The molecule has 0 heterocycles. The van der Waals surface area contributed by atoms with Crippen LogP contribution in [0.4, 0.5) is 0 Å². The predicted molar refractivity (Wildman–Crippen MR) is 101 cm³/mol. The summed E-state index contributed by atoms with van der Waals surface area (Å²) in [6.45, 7) is 0.507. The van der Waals surface area contributed by atoms with Crippen LogP contribution in [0, 0.1) is 0 Å². The van der Waals surface area contributed by atoms with Crippen LogP contribution >= 0.6 is 0 Å².